The van der Waals surface area contributed by atoms with E-state index in [4.69, 9.17) is 23.2 Å². The Kier molecular flexibility index (Phi) is 2.73. The topological polar surface area (TPSA) is 3.24 Å². The average Bonchev–Trinajstić information content (AvgIpc) is 2.88. The smallest absolute Gasteiger partial charge is 0.0595 e. The lowest BCUT2D eigenvalue weighted by Crippen LogP contribution is -2.18. The number of hydrogen-bond acceptors (Lipinski definition) is 1. The van der Waals surface area contributed by atoms with Gasteiger partial charge in [-0.3, -0.25) is 0 Å². The van der Waals surface area contributed by atoms with Crippen LogP contribution in [-0.4, -0.2) is 11.4 Å². The third-order valence-corrected chi connectivity index (χ3v) is 3.79. The fourth-order valence-corrected chi connectivity index (χ4v) is 2.52. The summed E-state index contributed by atoms with van der Waals surface area (Å²) < 4.78 is 0. The number of fused-ring (bicyclic) bond motifs is 1. The predicted molar refractivity (Wildman–Crippen MR) is 72.2 cm³/mol. The third kappa shape index (κ3) is 2.01. The van der Waals surface area contributed by atoms with E-state index >= 15 is 0 Å². The van der Waals surface area contributed by atoms with Gasteiger partial charge in [0.15, 0.2) is 0 Å². The maximum atomic E-state index is 6.02. The molecule has 0 saturated carbocycles. The Morgan fingerprint density at radius 2 is 2.06 bits per heavy atom. The summed E-state index contributed by atoms with van der Waals surface area (Å²) in [5, 5.41) is 1.23. The molecule has 0 amide bonds. The summed E-state index contributed by atoms with van der Waals surface area (Å²) in [6.45, 7) is 1.83. The fraction of sp³-hybridized carbons (Fsp3) is 0.143. The van der Waals surface area contributed by atoms with Gasteiger partial charge in [-0.05, 0) is 29.3 Å². The normalized spacial score (nSPS) is 17.2. The second-order valence-electron chi connectivity index (χ2n) is 4.20. The Labute approximate surface area is 111 Å². The van der Waals surface area contributed by atoms with Gasteiger partial charge in [0.25, 0.3) is 0 Å². The van der Waals surface area contributed by atoms with Gasteiger partial charge in [-0.15, -0.1) is 0 Å². The lowest BCUT2D eigenvalue weighted by atomic mass is 10.2. The van der Waals surface area contributed by atoms with Crippen molar-refractivity contribution in [2.45, 2.75) is 6.54 Å². The molecule has 3 heteroatoms. The Morgan fingerprint density at radius 1 is 1.18 bits per heavy atom. The number of benzene rings is 1. The van der Waals surface area contributed by atoms with Gasteiger partial charge in [0.2, 0.25) is 0 Å². The van der Waals surface area contributed by atoms with Gasteiger partial charge >= 0.3 is 0 Å². The van der Waals surface area contributed by atoms with Crippen molar-refractivity contribution in [1.29, 1.82) is 0 Å². The maximum Gasteiger partial charge on any atom is 0.0595 e. The first kappa shape index (κ1) is 10.9. The third-order valence-electron chi connectivity index (χ3n) is 3.06. The highest BCUT2D eigenvalue weighted by molar-refractivity contribution is 6.42. The van der Waals surface area contributed by atoms with E-state index in [1.54, 1.807) is 0 Å². The van der Waals surface area contributed by atoms with Crippen LogP contribution in [0, 0.1) is 0 Å². The highest BCUT2D eigenvalue weighted by atomic mass is 35.5. The van der Waals surface area contributed by atoms with Crippen LogP contribution in [0.3, 0.4) is 0 Å². The summed E-state index contributed by atoms with van der Waals surface area (Å²) in [6.07, 6.45) is 8.62. The van der Waals surface area contributed by atoms with E-state index in [0.717, 1.165) is 13.1 Å². The predicted octanol–water partition coefficient (Wildman–Crippen LogP) is 4.19. The minimum atomic E-state index is 0.609. The monoisotopic (exact) mass is 263 g/mol. The first-order valence-corrected chi connectivity index (χ1v) is 6.27. The molecule has 0 radical (unpaired) electrons. The van der Waals surface area contributed by atoms with Crippen molar-refractivity contribution in [2.24, 2.45) is 0 Å². The summed E-state index contributed by atoms with van der Waals surface area (Å²) in [6, 6.07) is 5.81. The molecule has 1 aliphatic carbocycles. The molecule has 0 atom stereocenters. The summed E-state index contributed by atoms with van der Waals surface area (Å²) >= 11 is 11.9. The van der Waals surface area contributed by atoms with E-state index in [9.17, 15) is 0 Å². The summed E-state index contributed by atoms with van der Waals surface area (Å²) in [5.74, 6) is 0. The standard InChI is InChI=1S/C14H11Cl2N/c15-12-5-4-10(8-13(12)16)9-17-7-6-11-2-1-3-14(11)17/h1-6,8H,7,9H2. The Balaban J connectivity index is 1.78. The lowest BCUT2D eigenvalue weighted by molar-refractivity contribution is 0.400. The van der Waals surface area contributed by atoms with Crippen molar-refractivity contribution < 1.29 is 0 Å². The molecule has 1 nitrogen and oxygen atoms in total. The molecule has 0 unspecified atom stereocenters. The van der Waals surface area contributed by atoms with E-state index in [0.29, 0.717) is 10.0 Å². The molecule has 0 fully saturated rings. The second-order valence-corrected chi connectivity index (χ2v) is 5.01. The molecule has 1 heterocycles. The zero-order valence-electron chi connectivity index (χ0n) is 9.16. The molecule has 3 rings (SSSR count). The molecule has 0 saturated heterocycles. The Morgan fingerprint density at radius 3 is 2.88 bits per heavy atom. The molecule has 0 N–H and O–H groups in total. The number of hydrogen-bond donors (Lipinski definition) is 0. The molecule has 2 aliphatic rings. The van der Waals surface area contributed by atoms with Gasteiger partial charge in [-0.25, -0.2) is 0 Å². The summed E-state index contributed by atoms with van der Waals surface area (Å²) in [7, 11) is 0. The minimum absolute atomic E-state index is 0.609. The van der Waals surface area contributed by atoms with Crippen LogP contribution >= 0.6 is 23.2 Å². The van der Waals surface area contributed by atoms with E-state index in [2.05, 4.69) is 29.2 Å². The second kappa shape index (κ2) is 4.25. The highest BCUT2D eigenvalue weighted by Crippen LogP contribution is 2.30. The molecular weight excluding hydrogens is 253 g/mol. The maximum absolute atomic E-state index is 6.02. The van der Waals surface area contributed by atoms with E-state index in [1.807, 2.05) is 18.2 Å². The lowest BCUT2D eigenvalue weighted by Gasteiger charge is -2.20. The average molecular weight is 264 g/mol. The van der Waals surface area contributed by atoms with Crippen LogP contribution in [-0.2, 0) is 6.54 Å². The van der Waals surface area contributed by atoms with Gasteiger partial charge in [0.1, 0.15) is 0 Å². The first-order chi connectivity index (χ1) is 8.24. The van der Waals surface area contributed by atoms with Crippen molar-refractivity contribution in [1.82, 2.24) is 4.90 Å². The Bertz CT molecular complexity index is 555. The van der Waals surface area contributed by atoms with E-state index in [-0.39, 0.29) is 0 Å². The van der Waals surface area contributed by atoms with Crippen molar-refractivity contribution in [3.63, 3.8) is 0 Å². The van der Waals surface area contributed by atoms with Crippen LogP contribution in [0.2, 0.25) is 10.0 Å². The molecule has 1 aliphatic heterocycles. The van der Waals surface area contributed by atoms with Crippen molar-refractivity contribution in [3.8, 4) is 0 Å². The van der Waals surface area contributed by atoms with Crippen LogP contribution in [0.25, 0.3) is 0 Å². The fourth-order valence-electron chi connectivity index (χ4n) is 2.20. The quantitative estimate of drug-likeness (QED) is 0.774. The van der Waals surface area contributed by atoms with Crippen molar-refractivity contribution in [3.05, 3.63) is 69.4 Å². The molecular formula is C14H11Cl2N. The van der Waals surface area contributed by atoms with Crippen LogP contribution in [0.4, 0.5) is 0 Å². The molecule has 1 aromatic carbocycles. The van der Waals surface area contributed by atoms with E-state index in [1.165, 1.54) is 16.8 Å². The van der Waals surface area contributed by atoms with Gasteiger partial charge in [0.05, 0.1) is 10.0 Å². The first-order valence-electron chi connectivity index (χ1n) is 5.52. The summed E-state index contributed by atoms with van der Waals surface area (Å²) in [4.78, 5) is 2.33. The Hall–Kier alpha value is -1.18. The highest BCUT2D eigenvalue weighted by Gasteiger charge is 2.20. The van der Waals surface area contributed by atoms with Crippen LogP contribution < -0.4 is 0 Å². The van der Waals surface area contributed by atoms with Crippen molar-refractivity contribution in [2.75, 3.05) is 6.54 Å². The van der Waals surface area contributed by atoms with Gasteiger partial charge in [-0.2, -0.15) is 0 Å². The molecule has 0 aromatic heterocycles. The van der Waals surface area contributed by atoms with Gasteiger partial charge < -0.3 is 4.90 Å². The number of halogens is 2. The van der Waals surface area contributed by atoms with Gasteiger partial charge in [0, 0.05) is 18.8 Å². The number of rotatable bonds is 2. The van der Waals surface area contributed by atoms with Crippen molar-refractivity contribution >= 4 is 23.2 Å². The molecule has 17 heavy (non-hydrogen) atoms. The molecule has 0 bridgehead atoms. The zero-order valence-corrected chi connectivity index (χ0v) is 10.7. The minimum Gasteiger partial charge on any atom is -0.363 e. The molecule has 1 aromatic rings. The van der Waals surface area contributed by atoms with E-state index < -0.39 is 0 Å². The number of nitrogens with zero attached hydrogens (tertiary/aromatic N) is 1. The largest absolute Gasteiger partial charge is 0.363 e. The SMILES string of the molecule is Clc1ccc(CN2CC=C3C=CC=C32)cc1Cl. The molecule has 0 spiro atoms. The van der Waals surface area contributed by atoms with Crippen LogP contribution in [0.15, 0.2) is 53.8 Å². The molecule has 86 valence electrons. The number of allylic oxidation sites excluding steroid dienone is 3. The summed E-state index contributed by atoms with van der Waals surface area (Å²) in [5.41, 5.74) is 3.81. The van der Waals surface area contributed by atoms with Crippen LogP contribution in [0.5, 0.6) is 0 Å². The van der Waals surface area contributed by atoms with Crippen LogP contribution in [0.1, 0.15) is 5.56 Å². The zero-order chi connectivity index (χ0) is 11.8. The van der Waals surface area contributed by atoms with Gasteiger partial charge in [-0.1, -0.05) is 47.5 Å².